The minimum Gasteiger partial charge on any atom is -0.478 e. The molecule has 0 spiro atoms. The molecule has 30 heavy (non-hydrogen) atoms. The van der Waals surface area contributed by atoms with E-state index in [2.05, 4.69) is 20.9 Å². The van der Waals surface area contributed by atoms with Gasteiger partial charge in [0.25, 0.3) is 5.91 Å². The summed E-state index contributed by atoms with van der Waals surface area (Å²) in [4.78, 5) is 30.4. The van der Waals surface area contributed by atoms with Crippen molar-refractivity contribution in [1.29, 1.82) is 0 Å². The van der Waals surface area contributed by atoms with E-state index in [1.54, 1.807) is 24.3 Å². The summed E-state index contributed by atoms with van der Waals surface area (Å²) in [5.41, 5.74) is 2.36. The van der Waals surface area contributed by atoms with Crippen molar-refractivity contribution in [3.63, 3.8) is 0 Å². The van der Waals surface area contributed by atoms with Crippen LogP contribution in [-0.4, -0.2) is 22.8 Å². The van der Waals surface area contributed by atoms with Gasteiger partial charge < -0.3 is 5.11 Å². The zero-order valence-electron chi connectivity index (χ0n) is 15.4. The molecule has 0 unspecified atom stereocenters. The maximum absolute atomic E-state index is 13.3. The molecule has 1 aliphatic rings. The van der Waals surface area contributed by atoms with Crippen LogP contribution in [0.4, 0.5) is 5.69 Å². The van der Waals surface area contributed by atoms with E-state index in [1.807, 2.05) is 42.5 Å². The third kappa shape index (κ3) is 3.92. The Bertz CT molecular complexity index is 1220. The number of halogens is 2. The Morgan fingerprint density at radius 3 is 2.43 bits per heavy atom. The first-order chi connectivity index (χ1) is 14.4. The molecule has 3 aromatic rings. The molecule has 0 radical (unpaired) electrons. The van der Waals surface area contributed by atoms with Gasteiger partial charge in [0.2, 0.25) is 0 Å². The second-order valence-electron chi connectivity index (χ2n) is 6.49. The number of anilines is 1. The van der Waals surface area contributed by atoms with E-state index in [1.165, 1.54) is 17.0 Å². The highest BCUT2D eigenvalue weighted by Gasteiger charge is 2.33. The number of amidine groups is 1. The highest BCUT2D eigenvalue weighted by atomic mass is 79.9. The van der Waals surface area contributed by atoms with Gasteiger partial charge in [-0.15, -0.1) is 0 Å². The van der Waals surface area contributed by atoms with Crippen LogP contribution in [-0.2, 0) is 4.79 Å². The SMILES string of the molecule is O=C(O)c1ccc(/C=C2/N=C(c3ccccc3Cl)N(c3cccc(Br)c3)C2=O)cc1. The Morgan fingerprint density at radius 2 is 1.77 bits per heavy atom. The molecular weight excluding hydrogens is 468 g/mol. The number of aliphatic imine (C=N–C) groups is 1. The lowest BCUT2D eigenvalue weighted by Crippen LogP contribution is -2.32. The summed E-state index contributed by atoms with van der Waals surface area (Å²) in [5.74, 6) is -0.881. The number of rotatable bonds is 4. The number of benzene rings is 3. The Balaban J connectivity index is 1.82. The van der Waals surface area contributed by atoms with E-state index in [0.717, 1.165) is 4.47 Å². The van der Waals surface area contributed by atoms with Crippen LogP contribution in [0.15, 0.2) is 88.0 Å². The molecule has 7 heteroatoms. The van der Waals surface area contributed by atoms with Crippen molar-refractivity contribution in [2.45, 2.75) is 0 Å². The smallest absolute Gasteiger partial charge is 0.335 e. The lowest BCUT2D eigenvalue weighted by Gasteiger charge is -2.19. The summed E-state index contributed by atoms with van der Waals surface area (Å²) in [7, 11) is 0. The number of carboxylic acid groups (broad SMARTS) is 1. The lowest BCUT2D eigenvalue weighted by atomic mass is 10.1. The predicted molar refractivity (Wildman–Crippen MR) is 121 cm³/mol. The maximum Gasteiger partial charge on any atom is 0.335 e. The molecule has 0 bridgehead atoms. The number of carbonyl (C=O) groups excluding carboxylic acids is 1. The summed E-state index contributed by atoms with van der Waals surface area (Å²) in [6.07, 6.45) is 1.63. The van der Waals surface area contributed by atoms with Gasteiger partial charge in [-0.25, -0.2) is 9.79 Å². The molecule has 0 atom stereocenters. The fraction of sp³-hybridized carbons (Fsp3) is 0. The van der Waals surface area contributed by atoms with Crippen LogP contribution in [0, 0.1) is 0 Å². The fourth-order valence-corrected chi connectivity index (χ4v) is 3.68. The van der Waals surface area contributed by atoms with Crippen molar-refractivity contribution in [2.75, 3.05) is 4.90 Å². The number of nitrogens with zero attached hydrogens (tertiary/aromatic N) is 2. The van der Waals surface area contributed by atoms with Gasteiger partial charge in [0.05, 0.1) is 16.3 Å². The fourth-order valence-electron chi connectivity index (χ4n) is 3.07. The Hall–Kier alpha value is -3.22. The van der Waals surface area contributed by atoms with Gasteiger partial charge >= 0.3 is 5.97 Å². The van der Waals surface area contributed by atoms with Crippen LogP contribution in [0.3, 0.4) is 0 Å². The van der Waals surface area contributed by atoms with Gasteiger partial charge in [0.1, 0.15) is 11.5 Å². The average molecular weight is 482 g/mol. The Kier molecular flexibility index (Phi) is 5.53. The molecule has 0 saturated heterocycles. The van der Waals surface area contributed by atoms with Gasteiger partial charge in [0.15, 0.2) is 0 Å². The normalized spacial score (nSPS) is 14.9. The molecule has 0 aliphatic carbocycles. The van der Waals surface area contributed by atoms with E-state index in [0.29, 0.717) is 27.7 Å². The lowest BCUT2D eigenvalue weighted by molar-refractivity contribution is -0.113. The van der Waals surface area contributed by atoms with Gasteiger partial charge in [-0.3, -0.25) is 9.69 Å². The van der Waals surface area contributed by atoms with Crippen molar-refractivity contribution in [3.05, 3.63) is 105 Å². The number of carboxylic acids is 1. The van der Waals surface area contributed by atoms with Crippen LogP contribution in [0.25, 0.3) is 6.08 Å². The van der Waals surface area contributed by atoms with Gasteiger partial charge in [-0.2, -0.15) is 0 Å². The average Bonchev–Trinajstić information content (AvgIpc) is 3.04. The van der Waals surface area contributed by atoms with E-state index >= 15 is 0 Å². The molecule has 1 N–H and O–H groups in total. The van der Waals surface area contributed by atoms with Crippen molar-refractivity contribution in [3.8, 4) is 0 Å². The van der Waals surface area contributed by atoms with Gasteiger partial charge in [-0.1, -0.05) is 57.9 Å². The molecule has 4 rings (SSSR count). The molecular formula is C23H14BrClN2O3. The van der Waals surface area contributed by atoms with E-state index < -0.39 is 5.97 Å². The molecule has 148 valence electrons. The van der Waals surface area contributed by atoms with Crippen molar-refractivity contribution in [1.82, 2.24) is 0 Å². The molecule has 3 aromatic carbocycles. The van der Waals surface area contributed by atoms with Crippen molar-refractivity contribution >= 4 is 57.0 Å². The minimum absolute atomic E-state index is 0.172. The van der Waals surface area contributed by atoms with E-state index in [-0.39, 0.29) is 17.2 Å². The third-order valence-electron chi connectivity index (χ3n) is 4.50. The summed E-state index contributed by atoms with van der Waals surface area (Å²) in [5, 5.41) is 9.54. The highest BCUT2D eigenvalue weighted by molar-refractivity contribution is 9.10. The monoisotopic (exact) mass is 480 g/mol. The summed E-state index contributed by atoms with van der Waals surface area (Å²) in [6.45, 7) is 0. The highest BCUT2D eigenvalue weighted by Crippen LogP contribution is 2.31. The van der Waals surface area contributed by atoms with Crippen molar-refractivity contribution in [2.24, 2.45) is 4.99 Å². The first kappa shape index (κ1) is 20.1. The number of amides is 1. The Labute approximate surface area is 186 Å². The molecule has 1 aliphatic heterocycles. The number of carbonyl (C=O) groups is 2. The van der Waals surface area contributed by atoms with Gasteiger partial charge in [-0.05, 0) is 54.1 Å². The molecule has 0 saturated carbocycles. The summed E-state index contributed by atoms with van der Waals surface area (Å²) < 4.78 is 0.827. The molecule has 0 fully saturated rings. The number of hydrogen-bond donors (Lipinski definition) is 1. The molecule has 0 aromatic heterocycles. The molecule has 1 amide bonds. The van der Waals surface area contributed by atoms with Crippen LogP contribution in [0.2, 0.25) is 5.02 Å². The van der Waals surface area contributed by atoms with Crippen LogP contribution in [0.5, 0.6) is 0 Å². The molecule has 5 nitrogen and oxygen atoms in total. The van der Waals surface area contributed by atoms with Crippen LogP contribution < -0.4 is 4.90 Å². The predicted octanol–water partition coefficient (Wildman–Crippen LogP) is 5.64. The van der Waals surface area contributed by atoms with Gasteiger partial charge in [0, 0.05) is 10.0 Å². The minimum atomic E-state index is -1.01. The number of hydrogen-bond acceptors (Lipinski definition) is 3. The number of aromatic carboxylic acids is 1. The summed E-state index contributed by atoms with van der Waals surface area (Å²) >= 11 is 9.83. The first-order valence-electron chi connectivity index (χ1n) is 8.93. The quantitative estimate of drug-likeness (QED) is 0.491. The largest absolute Gasteiger partial charge is 0.478 e. The topological polar surface area (TPSA) is 70.0 Å². The third-order valence-corrected chi connectivity index (χ3v) is 5.33. The maximum atomic E-state index is 13.3. The van der Waals surface area contributed by atoms with Crippen molar-refractivity contribution < 1.29 is 14.7 Å². The second kappa shape index (κ2) is 8.26. The zero-order chi connectivity index (χ0) is 21.3. The summed E-state index contributed by atoms with van der Waals surface area (Å²) in [6, 6.07) is 20.8. The first-order valence-corrected chi connectivity index (χ1v) is 10.1. The zero-order valence-corrected chi connectivity index (χ0v) is 17.8. The van der Waals surface area contributed by atoms with Crippen LogP contribution >= 0.6 is 27.5 Å². The van der Waals surface area contributed by atoms with Crippen LogP contribution in [0.1, 0.15) is 21.5 Å². The van der Waals surface area contributed by atoms with E-state index in [9.17, 15) is 9.59 Å². The molecule has 1 heterocycles. The standard InChI is InChI=1S/C23H14BrClN2O3/c24-16-4-3-5-17(13-16)27-21(18-6-1-2-7-19(18)25)26-20(22(27)28)12-14-8-10-15(11-9-14)23(29)30/h1-13H,(H,29,30)/b20-12+. The van der Waals surface area contributed by atoms with E-state index in [4.69, 9.17) is 16.7 Å². The second-order valence-corrected chi connectivity index (χ2v) is 7.82. The Morgan fingerprint density at radius 1 is 1.03 bits per heavy atom.